The molecule has 0 unspecified atom stereocenters. The van der Waals surface area contributed by atoms with E-state index < -0.39 is 9.84 Å². The van der Waals surface area contributed by atoms with E-state index in [1.807, 2.05) is 36.2 Å². The highest BCUT2D eigenvalue weighted by atomic mass is 32.2. The van der Waals surface area contributed by atoms with E-state index >= 15 is 0 Å². The minimum Gasteiger partial charge on any atom is -0.399 e. The summed E-state index contributed by atoms with van der Waals surface area (Å²) in [4.78, 5) is 2.02. The quantitative estimate of drug-likeness (QED) is 0.786. The Labute approximate surface area is 97.0 Å². The average Bonchev–Trinajstić information content (AvgIpc) is 2.16. The summed E-state index contributed by atoms with van der Waals surface area (Å²) in [5, 5.41) is 0. The Morgan fingerprint density at radius 2 is 1.81 bits per heavy atom. The number of sulfone groups is 1. The van der Waals surface area contributed by atoms with Crippen molar-refractivity contribution in [3.05, 3.63) is 24.3 Å². The van der Waals surface area contributed by atoms with Crippen molar-refractivity contribution in [1.82, 2.24) is 0 Å². The van der Waals surface area contributed by atoms with Crippen LogP contribution in [0.2, 0.25) is 0 Å². The van der Waals surface area contributed by atoms with E-state index in [1.165, 1.54) is 6.26 Å². The largest absolute Gasteiger partial charge is 0.399 e. The molecule has 0 fully saturated rings. The van der Waals surface area contributed by atoms with Crippen LogP contribution in [0.1, 0.15) is 6.42 Å². The molecule has 0 spiro atoms. The van der Waals surface area contributed by atoms with Gasteiger partial charge >= 0.3 is 0 Å². The molecule has 0 aliphatic heterocycles. The molecule has 0 atom stereocenters. The zero-order chi connectivity index (χ0) is 12.2. The van der Waals surface area contributed by atoms with Gasteiger partial charge in [0.05, 0.1) is 5.75 Å². The van der Waals surface area contributed by atoms with E-state index in [0.717, 1.165) is 17.9 Å². The minimum absolute atomic E-state index is 0.228. The van der Waals surface area contributed by atoms with Crippen molar-refractivity contribution in [2.75, 3.05) is 36.2 Å². The number of nitrogens with two attached hydrogens (primary N) is 1. The number of nitrogen functional groups attached to an aromatic ring is 1. The van der Waals surface area contributed by atoms with E-state index in [2.05, 4.69) is 0 Å². The van der Waals surface area contributed by atoms with Gasteiger partial charge in [0.2, 0.25) is 0 Å². The summed E-state index contributed by atoms with van der Waals surface area (Å²) >= 11 is 0. The second-order valence-corrected chi connectivity index (χ2v) is 6.26. The number of nitrogens with zero attached hydrogens (tertiary/aromatic N) is 1. The Balaban J connectivity index is 2.47. The Morgan fingerprint density at radius 1 is 1.25 bits per heavy atom. The second kappa shape index (κ2) is 5.21. The molecule has 0 radical (unpaired) electrons. The Morgan fingerprint density at radius 3 is 2.31 bits per heavy atom. The summed E-state index contributed by atoms with van der Waals surface area (Å²) in [5.41, 5.74) is 7.36. The number of hydrogen-bond acceptors (Lipinski definition) is 4. The smallest absolute Gasteiger partial charge is 0.147 e. The maximum Gasteiger partial charge on any atom is 0.147 e. The van der Waals surface area contributed by atoms with Gasteiger partial charge in [-0.15, -0.1) is 0 Å². The fourth-order valence-electron chi connectivity index (χ4n) is 1.42. The maximum atomic E-state index is 11.0. The van der Waals surface area contributed by atoms with Crippen LogP contribution in [0, 0.1) is 0 Å². The third kappa shape index (κ3) is 4.53. The van der Waals surface area contributed by atoms with Gasteiger partial charge < -0.3 is 10.6 Å². The van der Waals surface area contributed by atoms with E-state index in [-0.39, 0.29) is 5.75 Å². The number of anilines is 2. The lowest BCUT2D eigenvalue weighted by molar-refractivity contribution is 0.599. The van der Waals surface area contributed by atoms with Crippen LogP contribution >= 0.6 is 0 Å². The minimum atomic E-state index is -2.86. The van der Waals surface area contributed by atoms with Crippen molar-refractivity contribution in [3.8, 4) is 0 Å². The molecule has 1 aromatic rings. The van der Waals surface area contributed by atoms with Gasteiger partial charge in [-0.1, -0.05) is 0 Å². The second-order valence-electron chi connectivity index (χ2n) is 4.00. The number of rotatable bonds is 5. The van der Waals surface area contributed by atoms with Gasteiger partial charge in [0, 0.05) is 31.2 Å². The molecule has 0 heterocycles. The number of hydrogen-bond donors (Lipinski definition) is 1. The summed E-state index contributed by atoms with van der Waals surface area (Å²) < 4.78 is 21.9. The molecular weight excluding hydrogens is 224 g/mol. The van der Waals surface area contributed by atoms with Gasteiger partial charge in [0.25, 0.3) is 0 Å². The van der Waals surface area contributed by atoms with E-state index in [0.29, 0.717) is 6.42 Å². The van der Waals surface area contributed by atoms with Crippen LogP contribution in [0.25, 0.3) is 0 Å². The molecule has 0 saturated heterocycles. The predicted octanol–water partition coefficient (Wildman–Crippen LogP) is 1.14. The lowest BCUT2D eigenvalue weighted by atomic mass is 10.2. The normalized spacial score (nSPS) is 11.4. The van der Waals surface area contributed by atoms with Crippen LogP contribution in [-0.4, -0.2) is 34.0 Å². The van der Waals surface area contributed by atoms with Crippen LogP contribution in [0.4, 0.5) is 11.4 Å². The summed E-state index contributed by atoms with van der Waals surface area (Å²) in [6.45, 7) is 0.719. The molecule has 0 amide bonds. The van der Waals surface area contributed by atoms with Gasteiger partial charge in [-0.2, -0.15) is 0 Å². The zero-order valence-electron chi connectivity index (χ0n) is 9.68. The Kier molecular flexibility index (Phi) is 4.18. The molecule has 0 aliphatic carbocycles. The number of benzene rings is 1. The van der Waals surface area contributed by atoms with Crippen molar-refractivity contribution < 1.29 is 8.42 Å². The van der Waals surface area contributed by atoms with Crippen LogP contribution in [-0.2, 0) is 9.84 Å². The third-order valence-electron chi connectivity index (χ3n) is 2.34. The van der Waals surface area contributed by atoms with Gasteiger partial charge in [-0.25, -0.2) is 8.42 Å². The van der Waals surface area contributed by atoms with Crippen molar-refractivity contribution in [1.29, 1.82) is 0 Å². The lowest BCUT2D eigenvalue weighted by Gasteiger charge is -2.19. The SMILES string of the molecule is CN(CCCS(C)(=O)=O)c1ccc(N)cc1. The first-order valence-electron chi connectivity index (χ1n) is 5.13. The summed E-state index contributed by atoms with van der Waals surface area (Å²) in [6, 6.07) is 7.52. The molecule has 0 bridgehead atoms. The first-order chi connectivity index (χ1) is 7.38. The fourth-order valence-corrected chi connectivity index (χ4v) is 2.08. The van der Waals surface area contributed by atoms with Crippen LogP contribution < -0.4 is 10.6 Å². The van der Waals surface area contributed by atoms with E-state index in [1.54, 1.807) is 0 Å². The van der Waals surface area contributed by atoms with Gasteiger partial charge in [0.1, 0.15) is 9.84 Å². The molecule has 16 heavy (non-hydrogen) atoms. The average molecular weight is 242 g/mol. The van der Waals surface area contributed by atoms with Crippen LogP contribution in [0.15, 0.2) is 24.3 Å². The van der Waals surface area contributed by atoms with Gasteiger partial charge in [-0.05, 0) is 30.7 Å². The zero-order valence-corrected chi connectivity index (χ0v) is 10.5. The fraction of sp³-hybridized carbons (Fsp3) is 0.455. The monoisotopic (exact) mass is 242 g/mol. The maximum absolute atomic E-state index is 11.0. The third-order valence-corrected chi connectivity index (χ3v) is 3.37. The van der Waals surface area contributed by atoms with Gasteiger partial charge in [-0.3, -0.25) is 0 Å². The molecule has 4 nitrogen and oxygen atoms in total. The Bertz CT molecular complexity index is 426. The van der Waals surface area contributed by atoms with Crippen LogP contribution in [0.3, 0.4) is 0 Å². The summed E-state index contributed by atoms with van der Waals surface area (Å²) in [5.74, 6) is 0.228. The summed E-state index contributed by atoms with van der Waals surface area (Å²) in [7, 11) is -0.917. The first-order valence-corrected chi connectivity index (χ1v) is 7.19. The van der Waals surface area contributed by atoms with E-state index in [9.17, 15) is 8.42 Å². The molecule has 1 rings (SSSR count). The molecule has 0 aliphatic rings. The molecular formula is C11H18N2O2S. The van der Waals surface area contributed by atoms with Crippen LogP contribution in [0.5, 0.6) is 0 Å². The van der Waals surface area contributed by atoms with Crippen molar-refractivity contribution in [3.63, 3.8) is 0 Å². The molecule has 0 aromatic heterocycles. The lowest BCUT2D eigenvalue weighted by Crippen LogP contribution is -2.20. The van der Waals surface area contributed by atoms with E-state index in [4.69, 9.17) is 5.73 Å². The topological polar surface area (TPSA) is 63.4 Å². The highest BCUT2D eigenvalue weighted by Crippen LogP contribution is 2.14. The molecule has 90 valence electrons. The highest BCUT2D eigenvalue weighted by Gasteiger charge is 2.04. The molecule has 0 saturated carbocycles. The van der Waals surface area contributed by atoms with Gasteiger partial charge in [0.15, 0.2) is 0 Å². The highest BCUT2D eigenvalue weighted by molar-refractivity contribution is 7.90. The Hall–Kier alpha value is -1.23. The van der Waals surface area contributed by atoms with Crippen molar-refractivity contribution in [2.45, 2.75) is 6.42 Å². The molecule has 2 N–H and O–H groups in total. The standard InChI is InChI=1S/C11H18N2O2S/c1-13(8-3-9-16(2,14)15)11-6-4-10(12)5-7-11/h4-7H,3,8-9,12H2,1-2H3. The molecule has 1 aromatic carbocycles. The molecule has 5 heteroatoms. The summed E-state index contributed by atoms with van der Waals surface area (Å²) in [6.07, 6.45) is 1.90. The predicted molar refractivity (Wildman–Crippen MR) is 68.5 cm³/mol. The first kappa shape index (κ1) is 12.8. The van der Waals surface area contributed by atoms with Crippen molar-refractivity contribution in [2.24, 2.45) is 0 Å². The van der Waals surface area contributed by atoms with Crippen molar-refractivity contribution >= 4 is 21.2 Å².